The first-order chi connectivity index (χ1) is 14.0. The number of carbonyl (C=O) groups excluding carboxylic acids is 1. The number of halogens is 1. The van der Waals surface area contributed by atoms with E-state index >= 15 is 0 Å². The van der Waals surface area contributed by atoms with Gasteiger partial charge in [0.05, 0.1) is 6.54 Å². The minimum Gasteiger partial charge on any atom is -0.339 e. The van der Waals surface area contributed by atoms with Crippen LogP contribution in [0.15, 0.2) is 46.7 Å². The van der Waals surface area contributed by atoms with E-state index in [4.69, 9.17) is 0 Å². The fourth-order valence-electron chi connectivity index (χ4n) is 4.06. The van der Waals surface area contributed by atoms with Crippen LogP contribution in [0.5, 0.6) is 0 Å². The molecule has 1 unspecified atom stereocenters. The Hall–Kier alpha value is -1.81. The Kier molecular flexibility index (Phi) is 6.00. The summed E-state index contributed by atoms with van der Waals surface area (Å²) in [4.78, 5) is 17.7. The SMILES string of the molecule is O=C(CN1CCCC1c1cccs1)N1CCN(S(=O)(=O)c2ccccc2F)CC1. The highest BCUT2D eigenvalue weighted by Gasteiger charge is 2.34. The number of nitrogens with zero attached hydrogens (tertiary/aromatic N) is 3. The molecule has 2 aliphatic heterocycles. The number of likely N-dealkylation sites (tertiary alicyclic amines) is 1. The number of hydrogen-bond acceptors (Lipinski definition) is 5. The summed E-state index contributed by atoms with van der Waals surface area (Å²) < 4.78 is 40.6. The van der Waals surface area contributed by atoms with Crippen LogP contribution in [-0.4, -0.2) is 67.7 Å². The van der Waals surface area contributed by atoms with Crippen LogP contribution in [0, 0.1) is 5.82 Å². The molecule has 0 radical (unpaired) electrons. The van der Waals surface area contributed by atoms with Crippen LogP contribution < -0.4 is 0 Å². The van der Waals surface area contributed by atoms with Gasteiger partial charge >= 0.3 is 0 Å². The lowest BCUT2D eigenvalue weighted by Crippen LogP contribution is -2.52. The van der Waals surface area contributed by atoms with Gasteiger partial charge in [0.1, 0.15) is 10.7 Å². The predicted octanol–water partition coefficient (Wildman–Crippen LogP) is 2.56. The Morgan fingerprint density at radius 2 is 1.83 bits per heavy atom. The molecule has 156 valence electrons. The molecular weight excluding hydrogens is 413 g/mol. The van der Waals surface area contributed by atoms with Gasteiger partial charge in [-0.15, -0.1) is 11.3 Å². The summed E-state index contributed by atoms with van der Waals surface area (Å²) >= 11 is 1.72. The molecule has 0 bridgehead atoms. The van der Waals surface area contributed by atoms with Crippen molar-refractivity contribution in [1.82, 2.24) is 14.1 Å². The van der Waals surface area contributed by atoms with Crippen LogP contribution in [0.3, 0.4) is 0 Å². The van der Waals surface area contributed by atoms with Crippen LogP contribution in [0.1, 0.15) is 23.8 Å². The van der Waals surface area contributed by atoms with Crippen molar-refractivity contribution in [2.75, 3.05) is 39.3 Å². The smallest absolute Gasteiger partial charge is 0.246 e. The molecule has 4 rings (SSSR count). The molecule has 2 fully saturated rings. The van der Waals surface area contributed by atoms with Crippen molar-refractivity contribution < 1.29 is 17.6 Å². The van der Waals surface area contributed by atoms with Crippen molar-refractivity contribution in [1.29, 1.82) is 0 Å². The van der Waals surface area contributed by atoms with E-state index in [0.717, 1.165) is 25.5 Å². The quantitative estimate of drug-likeness (QED) is 0.721. The zero-order chi connectivity index (χ0) is 20.4. The number of rotatable bonds is 5. The van der Waals surface area contributed by atoms with Gasteiger partial charge in [0, 0.05) is 37.1 Å². The molecule has 1 atom stereocenters. The Morgan fingerprint density at radius 1 is 1.07 bits per heavy atom. The van der Waals surface area contributed by atoms with Gasteiger partial charge in [0.25, 0.3) is 0 Å². The number of sulfonamides is 1. The van der Waals surface area contributed by atoms with E-state index in [0.29, 0.717) is 25.7 Å². The van der Waals surface area contributed by atoms with Crippen LogP contribution in [-0.2, 0) is 14.8 Å². The van der Waals surface area contributed by atoms with Gasteiger partial charge < -0.3 is 4.90 Å². The second-order valence-corrected chi connectivity index (χ2v) is 10.2. The van der Waals surface area contributed by atoms with Crippen molar-refractivity contribution >= 4 is 27.3 Å². The third kappa shape index (κ3) is 4.23. The molecule has 1 amide bonds. The number of carbonyl (C=O) groups is 1. The van der Waals surface area contributed by atoms with E-state index < -0.39 is 15.8 Å². The molecule has 29 heavy (non-hydrogen) atoms. The van der Waals surface area contributed by atoms with Crippen LogP contribution in [0.4, 0.5) is 4.39 Å². The highest BCUT2D eigenvalue weighted by Crippen LogP contribution is 2.34. The van der Waals surface area contributed by atoms with Crippen molar-refractivity contribution in [3.63, 3.8) is 0 Å². The summed E-state index contributed by atoms with van der Waals surface area (Å²) in [5, 5.41) is 2.06. The fraction of sp³-hybridized carbons (Fsp3) is 0.450. The van der Waals surface area contributed by atoms with Gasteiger partial charge in [-0.05, 0) is 43.0 Å². The molecule has 0 spiro atoms. The maximum Gasteiger partial charge on any atom is 0.246 e. The van der Waals surface area contributed by atoms with Crippen molar-refractivity contribution in [3.05, 3.63) is 52.5 Å². The third-order valence-corrected chi connectivity index (χ3v) is 8.52. The molecule has 2 aliphatic rings. The maximum atomic E-state index is 14.0. The van der Waals surface area contributed by atoms with Gasteiger partial charge in [-0.2, -0.15) is 4.31 Å². The number of piperazine rings is 1. The van der Waals surface area contributed by atoms with E-state index in [2.05, 4.69) is 16.3 Å². The zero-order valence-electron chi connectivity index (χ0n) is 16.0. The van der Waals surface area contributed by atoms with E-state index in [1.54, 1.807) is 16.2 Å². The topological polar surface area (TPSA) is 60.9 Å². The minimum atomic E-state index is -3.89. The van der Waals surface area contributed by atoms with Gasteiger partial charge in [-0.1, -0.05) is 18.2 Å². The molecule has 2 saturated heterocycles. The standard InChI is InChI=1S/C20H24FN3O3S2/c21-16-5-1-2-8-19(16)29(26,27)24-12-10-22(11-13-24)20(25)15-23-9-3-6-17(23)18-7-4-14-28-18/h1-2,4-5,7-8,14,17H,3,6,9-13,15H2. The van der Waals surface area contributed by atoms with E-state index in [1.165, 1.54) is 27.4 Å². The highest BCUT2D eigenvalue weighted by molar-refractivity contribution is 7.89. The molecule has 0 N–H and O–H groups in total. The third-order valence-electron chi connectivity index (χ3n) is 5.62. The predicted molar refractivity (Wildman–Crippen MR) is 110 cm³/mol. The number of amides is 1. The van der Waals surface area contributed by atoms with Crippen molar-refractivity contribution in [2.45, 2.75) is 23.8 Å². The van der Waals surface area contributed by atoms with Gasteiger partial charge in [-0.3, -0.25) is 9.69 Å². The van der Waals surface area contributed by atoms with E-state index in [-0.39, 0.29) is 23.9 Å². The first-order valence-corrected chi connectivity index (χ1v) is 12.1. The average Bonchev–Trinajstić information content (AvgIpc) is 3.40. The maximum absolute atomic E-state index is 14.0. The minimum absolute atomic E-state index is 0.0244. The molecule has 0 aliphatic carbocycles. The van der Waals surface area contributed by atoms with E-state index in [1.807, 2.05) is 6.07 Å². The molecule has 9 heteroatoms. The van der Waals surface area contributed by atoms with Gasteiger partial charge in [0.15, 0.2) is 0 Å². The summed E-state index contributed by atoms with van der Waals surface area (Å²) in [7, 11) is -3.89. The first kappa shape index (κ1) is 20.5. The molecule has 6 nitrogen and oxygen atoms in total. The number of benzene rings is 1. The molecule has 2 aromatic rings. The normalized spacial score (nSPS) is 21.6. The zero-order valence-corrected chi connectivity index (χ0v) is 17.7. The van der Waals surface area contributed by atoms with Crippen LogP contribution in [0.25, 0.3) is 0 Å². The number of hydrogen-bond donors (Lipinski definition) is 0. The van der Waals surface area contributed by atoms with E-state index in [9.17, 15) is 17.6 Å². The lowest BCUT2D eigenvalue weighted by Gasteiger charge is -2.35. The number of thiophene rings is 1. The van der Waals surface area contributed by atoms with Crippen molar-refractivity contribution in [2.24, 2.45) is 0 Å². The molecule has 3 heterocycles. The second-order valence-electron chi connectivity index (χ2n) is 7.36. The summed E-state index contributed by atoms with van der Waals surface area (Å²) in [6.07, 6.45) is 2.13. The summed E-state index contributed by atoms with van der Waals surface area (Å²) in [5.74, 6) is -0.726. The van der Waals surface area contributed by atoms with Gasteiger partial charge in [-0.25, -0.2) is 12.8 Å². The molecule has 1 aromatic carbocycles. The monoisotopic (exact) mass is 437 g/mol. The summed E-state index contributed by atoms with van der Waals surface area (Å²) in [6.45, 7) is 2.25. The Labute approximate surface area is 174 Å². The Balaban J connectivity index is 1.36. The highest BCUT2D eigenvalue weighted by atomic mass is 32.2. The summed E-state index contributed by atoms with van der Waals surface area (Å²) in [5.41, 5.74) is 0. The molecule has 1 aromatic heterocycles. The fourth-order valence-corrected chi connectivity index (χ4v) is 6.45. The molecular formula is C20H24FN3O3S2. The van der Waals surface area contributed by atoms with Crippen LogP contribution in [0.2, 0.25) is 0 Å². The van der Waals surface area contributed by atoms with Crippen molar-refractivity contribution in [3.8, 4) is 0 Å². The molecule has 0 saturated carbocycles. The second kappa shape index (κ2) is 8.51. The average molecular weight is 438 g/mol. The summed E-state index contributed by atoms with van der Waals surface area (Å²) in [6, 6.07) is 9.84. The largest absolute Gasteiger partial charge is 0.339 e. The lowest BCUT2D eigenvalue weighted by atomic mass is 10.2. The Morgan fingerprint density at radius 3 is 2.52 bits per heavy atom. The van der Waals surface area contributed by atoms with Crippen LogP contribution >= 0.6 is 11.3 Å². The lowest BCUT2D eigenvalue weighted by molar-refractivity contribution is -0.133. The van der Waals surface area contributed by atoms with Gasteiger partial charge in [0.2, 0.25) is 15.9 Å². The Bertz CT molecular complexity index is 957. The first-order valence-electron chi connectivity index (χ1n) is 9.77.